The summed E-state index contributed by atoms with van der Waals surface area (Å²) in [5.41, 5.74) is 1.92. The van der Waals surface area contributed by atoms with E-state index in [1.807, 2.05) is 64.1 Å². The Morgan fingerprint density at radius 3 is 1.29 bits per heavy atom. The Labute approximate surface area is 129 Å². The second kappa shape index (κ2) is 11.8. The second-order valence-electron chi connectivity index (χ2n) is 4.11. The summed E-state index contributed by atoms with van der Waals surface area (Å²) in [5.74, 6) is 0.703. The molecule has 0 radical (unpaired) electrons. The number of hydrogen-bond donors (Lipinski definition) is 2. The molecular formula is C19H28O2. The van der Waals surface area contributed by atoms with E-state index in [1.54, 1.807) is 12.1 Å². The van der Waals surface area contributed by atoms with Gasteiger partial charge < -0.3 is 10.2 Å². The monoisotopic (exact) mass is 288 g/mol. The molecule has 0 spiro atoms. The third-order valence-corrected chi connectivity index (χ3v) is 2.88. The Kier molecular flexibility index (Phi) is 10.7. The summed E-state index contributed by atoms with van der Waals surface area (Å²) in [6.07, 6.45) is 2.55. The average molecular weight is 288 g/mol. The van der Waals surface area contributed by atoms with Crippen LogP contribution in [0.3, 0.4) is 0 Å². The molecule has 2 aromatic rings. The summed E-state index contributed by atoms with van der Waals surface area (Å²) in [6, 6.07) is 14.8. The lowest BCUT2D eigenvalue weighted by Crippen LogP contribution is -1.91. The molecule has 0 aliphatic rings. The highest BCUT2D eigenvalue weighted by molar-refractivity contribution is 5.33. The molecule has 0 saturated heterocycles. The predicted octanol–water partition coefficient (Wildman–Crippen LogP) is 5.33. The van der Waals surface area contributed by atoms with Crippen molar-refractivity contribution in [2.75, 3.05) is 0 Å². The molecule has 2 N–H and O–H groups in total. The Bertz CT molecular complexity index is 447. The Morgan fingerprint density at radius 1 is 0.619 bits per heavy atom. The molecule has 116 valence electrons. The highest BCUT2D eigenvalue weighted by Crippen LogP contribution is 2.21. The maximum atomic E-state index is 9.61. The number of phenolic OH excluding ortho intramolecular Hbond substituents is 2. The molecule has 0 atom stereocenters. The fourth-order valence-corrected chi connectivity index (χ4v) is 1.91. The number of rotatable bonds is 4. The van der Waals surface area contributed by atoms with E-state index in [-0.39, 0.29) is 0 Å². The minimum atomic E-state index is 0.352. The van der Waals surface area contributed by atoms with Crippen LogP contribution in [0.1, 0.15) is 45.2 Å². The van der Waals surface area contributed by atoms with Gasteiger partial charge in [0.15, 0.2) is 0 Å². The van der Waals surface area contributed by atoms with Gasteiger partial charge in [-0.05, 0) is 42.5 Å². The van der Waals surface area contributed by atoms with Crippen molar-refractivity contribution in [2.24, 2.45) is 0 Å². The Hall–Kier alpha value is -1.96. The van der Waals surface area contributed by atoms with E-state index in [4.69, 9.17) is 0 Å². The maximum absolute atomic E-state index is 9.61. The van der Waals surface area contributed by atoms with E-state index < -0.39 is 0 Å². The number of aromatic hydroxyl groups is 2. The van der Waals surface area contributed by atoms with Gasteiger partial charge in [-0.2, -0.15) is 0 Å². The van der Waals surface area contributed by atoms with E-state index in [2.05, 4.69) is 0 Å². The quantitative estimate of drug-likeness (QED) is 0.798. The van der Waals surface area contributed by atoms with Crippen molar-refractivity contribution in [1.82, 2.24) is 0 Å². The van der Waals surface area contributed by atoms with E-state index in [1.165, 1.54) is 0 Å². The molecule has 0 bridgehead atoms. The molecule has 0 aliphatic heterocycles. The van der Waals surface area contributed by atoms with E-state index in [9.17, 15) is 10.2 Å². The zero-order valence-electron chi connectivity index (χ0n) is 13.6. The van der Waals surface area contributed by atoms with Gasteiger partial charge in [0.25, 0.3) is 0 Å². The lowest BCUT2D eigenvalue weighted by Gasteiger charge is -2.05. The molecule has 2 rings (SSSR count). The number of phenols is 2. The van der Waals surface area contributed by atoms with Gasteiger partial charge in [-0.15, -0.1) is 0 Å². The highest BCUT2D eigenvalue weighted by Gasteiger charge is 2.02. The van der Waals surface area contributed by atoms with E-state index in [0.717, 1.165) is 30.4 Å². The van der Waals surface area contributed by atoms with Crippen LogP contribution in [-0.4, -0.2) is 10.2 Å². The zero-order valence-corrected chi connectivity index (χ0v) is 13.6. The van der Waals surface area contributed by atoms with Crippen molar-refractivity contribution < 1.29 is 10.2 Å². The Morgan fingerprint density at radius 2 is 0.952 bits per heavy atom. The van der Waals surface area contributed by atoms with Crippen LogP contribution in [0.4, 0.5) is 0 Å². The summed E-state index contributed by atoms with van der Waals surface area (Å²) >= 11 is 0. The van der Waals surface area contributed by atoms with Crippen molar-refractivity contribution in [3.8, 4) is 11.5 Å². The van der Waals surface area contributed by atoms with Gasteiger partial charge in [0.1, 0.15) is 11.5 Å². The van der Waals surface area contributed by atoms with Gasteiger partial charge in [0.2, 0.25) is 0 Å². The van der Waals surface area contributed by atoms with Crippen LogP contribution >= 0.6 is 0 Å². The summed E-state index contributed by atoms with van der Waals surface area (Å²) in [7, 11) is 0. The number of benzene rings is 2. The van der Waals surface area contributed by atoms with Crippen molar-refractivity contribution >= 4 is 0 Å². The minimum absolute atomic E-state index is 0.352. The SMILES string of the molecule is CC.CC.Oc1ccccc1CCCc1ccccc1O. The lowest BCUT2D eigenvalue weighted by molar-refractivity contribution is 0.463. The highest BCUT2D eigenvalue weighted by atomic mass is 16.3. The molecule has 0 unspecified atom stereocenters. The van der Waals surface area contributed by atoms with Crippen LogP contribution < -0.4 is 0 Å². The van der Waals surface area contributed by atoms with E-state index in [0.29, 0.717) is 11.5 Å². The molecule has 0 fully saturated rings. The Balaban J connectivity index is 0.000000921. The van der Waals surface area contributed by atoms with Gasteiger partial charge in [0.05, 0.1) is 0 Å². The van der Waals surface area contributed by atoms with Crippen molar-refractivity contribution in [3.05, 3.63) is 59.7 Å². The van der Waals surface area contributed by atoms with Crippen molar-refractivity contribution in [3.63, 3.8) is 0 Å². The number of aryl methyl sites for hydroxylation is 2. The first-order chi connectivity index (χ1) is 10.3. The van der Waals surface area contributed by atoms with Crippen LogP contribution in [0.5, 0.6) is 11.5 Å². The molecule has 2 nitrogen and oxygen atoms in total. The first kappa shape index (κ1) is 19.0. The molecule has 0 amide bonds. The smallest absolute Gasteiger partial charge is 0.118 e. The summed E-state index contributed by atoms with van der Waals surface area (Å²) in [6.45, 7) is 8.00. The van der Waals surface area contributed by atoms with Gasteiger partial charge in [-0.1, -0.05) is 64.1 Å². The summed E-state index contributed by atoms with van der Waals surface area (Å²) in [4.78, 5) is 0. The van der Waals surface area contributed by atoms with Crippen LogP contribution in [0.2, 0.25) is 0 Å². The summed E-state index contributed by atoms with van der Waals surface area (Å²) in [5, 5.41) is 19.2. The third kappa shape index (κ3) is 6.84. The zero-order chi connectivity index (χ0) is 16.1. The van der Waals surface area contributed by atoms with Crippen LogP contribution in [0.25, 0.3) is 0 Å². The molecule has 21 heavy (non-hydrogen) atoms. The predicted molar refractivity (Wildman–Crippen MR) is 90.9 cm³/mol. The van der Waals surface area contributed by atoms with Gasteiger partial charge >= 0.3 is 0 Å². The molecule has 0 aliphatic carbocycles. The fraction of sp³-hybridized carbons (Fsp3) is 0.368. The fourth-order valence-electron chi connectivity index (χ4n) is 1.91. The normalized spacial score (nSPS) is 8.95. The molecule has 0 aromatic heterocycles. The van der Waals surface area contributed by atoms with Crippen LogP contribution in [0.15, 0.2) is 48.5 Å². The third-order valence-electron chi connectivity index (χ3n) is 2.88. The first-order valence-electron chi connectivity index (χ1n) is 7.81. The molecule has 0 saturated carbocycles. The van der Waals surface area contributed by atoms with Gasteiger partial charge in [-0.3, -0.25) is 0 Å². The van der Waals surface area contributed by atoms with Crippen LogP contribution in [0, 0.1) is 0 Å². The lowest BCUT2D eigenvalue weighted by atomic mass is 10.0. The van der Waals surface area contributed by atoms with Crippen molar-refractivity contribution in [2.45, 2.75) is 47.0 Å². The topological polar surface area (TPSA) is 40.5 Å². The molecule has 0 heterocycles. The molecule has 2 heteroatoms. The minimum Gasteiger partial charge on any atom is -0.508 e. The number of hydrogen-bond acceptors (Lipinski definition) is 2. The maximum Gasteiger partial charge on any atom is 0.118 e. The number of para-hydroxylation sites is 2. The largest absolute Gasteiger partial charge is 0.508 e. The average Bonchev–Trinajstić information content (AvgIpc) is 2.55. The van der Waals surface area contributed by atoms with Gasteiger partial charge in [-0.25, -0.2) is 0 Å². The van der Waals surface area contributed by atoms with Gasteiger partial charge in [0, 0.05) is 0 Å². The standard InChI is InChI=1S/C15H16O2.2C2H6/c16-14-10-3-1-6-12(14)8-5-9-13-7-2-4-11-15(13)17;2*1-2/h1-4,6-7,10-11,16-17H,5,8-9H2;2*1-2H3. The second-order valence-corrected chi connectivity index (χ2v) is 4.11. The molecule has 2 aromatic carbocycles. The molecular weight excluding hydrogens is 260 g/mol. The first-order valence-corrected chi connectivity index (χ1v) is 7.81. The van der Waals surface area contributed by atoms with Crippen LogP contribution in [-0.2, 0) is 12.8 Å². The van der Waals surface area contributed by atoms with Crippen molar-refractivity contribution in [1.29, 1.82) is 0 Å². The summed E-state index contributed by atoms with van der Waals surface area (Å²) < 4.78 is 0. The van der Waals surface area contributed by atoms with E-state index >= 15 is 0 Å².